The van der Waals surface area contributed by atoms with Gasteiger partial charge in [-0.1, -0.05) is 35.9 Å². The first-order chi connectivity index (χ1) is 9.10. The molecule has 1 unspecified atom stereocenters. The van der Waals surface area contributed by atoms with Gasteiger partial charge < -0.3 is 10.5 Å². The summed E-state index contributed by atoms with van der Waals surface area (Å²) in [6.07, 6.45) is -0.125. The van der Waals surface area contributed by atoms with Crippen LogP contribution < -0.4 is 10.5 Å². The summed E-state index contributed by atoms with van der Waals surface area (Å²) >= 11 is 3.52. The molecule has 2 aromatic rings. The van der Waals surface area contributed by atoms with Crippen molar-refractivity contribution in [1.29, 1.82) is 0 Å². The molecule has 19 heavy (non-hydrogen) atoms. The highest BCUT2D eigenvalue weighted by Gasteiger charge is 2.13. The lowest BCUT2D eigenvalue weighted by Crippen LogP contribution is -2.18. The number of nitrogens with two attached hydrogens (primary N) is 1. The minimum Gasteiger partial charge on any atom is -0.483 e. The first-order valence-corrected chi connectivity index (χ1v) is 7.09. The summed E-state index contributed by atoms with van der Waals surface area (Å²) < 4.78 is 6.96. The molecule has 0 fully saturated rings. The lowest BCUT2D eigenvalue weighted by Gasteiger charge is -2.19. The molecule has 0 aliphatic carbocycles. The van der Waals surface area contributed by atoms with Gasteiger partial charge in [0.15, 0.2) is 0 Å². The molecule has 2 aromatic carbocycles. The molecule has 0 spiro atoms. The number of aryl methyl sites for hydroxylation is 2. The van der Waals surface area contributed by atoms with Gasteiger partial charge in [0.2, 0.25) is 0 Å². The molecule has 2 rings (SSSR count). The van der Waals surface area contributed by atoms with Crippen molar-refractivity contribution in [2.45, 2.75) is 20.0 Å². The Hall–Kier alpha value is -1.32. The largest absolute Gasteiger partial charge is 0.483 e. The number of hydrogen-bond acceptors (Lipinski definition) is 2. The van der Waals surface area contributed by atoms with Crippen LogP contribution in [0.5, 0.6) is 5.75 Å². The van der Waals surface area contributed by atoms with Crippen LogP contribution >= 0.6 is 15.9 Å². The maximum atomic E-state index is 6.00. The predicted molar refractivity (Wildman–Crippen MR) is 82.5 cm³/mol. The molecule has 0 aliphatic heterocycles. The SMILES string of the molecule is Cc1ccc(C(CN)Oc2ccc(C)cc2Br)cc1. The molecule has 0 radical (unpaired) electrons. The summed E-state index contributed by atoms with van der Waals surface area (Å²) in [4.78, 5) is 0. The van der Waals surface area contributed by atoms with E-state index in [1.54, 1.807) is 0 Å². The molecular formula is C16H18BrNO. The zero-order valence-electron chi connectivity index (χ0n) is 11.2. The molecule has 2 N–H and O–H groups in total. The quantitative estimate of drug-likeness (QED) is 0.919. The fraction of sp³-hybridized carbons (Fsp3) is 0.250. The van der Waals surface area contributed by atoms with E-state index in [0.29, 0.717) is 6.54 Å². The highest BCUT2D eigenvalue weighted by atomic mass is 79.9. The smallest absolute Gasteiger partial charge is 0.136 e. The predicted octanol–water partition coefficient (Wildman–Crippen LogP) is 4.14. The number of hydrogen-bond donors (Lipinski definition) is 1. The Morgan fingerprint density at radius 2 is 1.68 bits per heavy atom. The second-order valence-electron chi connectivity index (χ2n) is 4.69. The molecule has 0 saturated carbocycles. The summed E-state index contributed by atoms with van der Waals surface area (Å²) in [5, 5.41) is 0. The first-order valence-electron chi connectivity index (χ1n) is 6.29. The van der Waals surface area contributed by atoms with Crippen LogP contribution in [-0.2, 0) is 0 Å². The molecule has 0 amide bonds. The van der Waals surface area contributed by atoms with Gasteiger partial charge in [0.05, 0.1) is 4.47 Å². The second-order valence-corrected chi connectivity index (χ2v) is 5.54. The van der Waals surface area contributed by atoms with Crippen molar-refractivity contribution in [3.63, 3.8) is 0 Å². The molecule has 1 atom stereocenters. The van der Waals surface area contributed by atoms with Crippen molar-refractivity contribution in [2.24, 2.45) is 5.73 Å². The minimum atomic E-state index is -0.125. The molecule has 0 aliphatic rings. The molecular weight excluding hydrogens is 302 g/mol. The Kier molecular flexibility index (Phi) is 4.61. The van der Waals surface area contributed by atoms with Crippen LogP contribution in [0.4, 0.5) is 0 Å². The van der Waals surface area contributed by atoms with Gasteiger partial charge in [0.1, 0.15) is 11.9 Å². The standard InChI is InChI=1S/C16H18BrNO/c1-11-3-6-13(7-4-11)16(10-18)19-15-8-5-12(2)9-14(15)17/h3-9,16H,10,18H2,1-2H3. The van der Waals surface area contributed by atoms with Gasteiger partial charge in [-0.25, -0.2) is 0 Å². The van der Waals surface area contributed by atoms with Crippen molar-refractivity contribution >= 4 is 15.9 Å². The Morgan fingerprint density at radius 3 is 2.26 bits per heavy atom. The van der Waals surface area contributed by atoms with Gasteiger partial charge in [-0.2, -0.15) is 0 Å². The maximum Gasteiger partial charge on any atom is 0.136 e. The monoisotopic (exact) mass is 319 g/mol. The molecule has 3 heteroatoms. The Morgan fingerprint density at radius 1 is 1.05 bits per heavy atom. The molecule has 0 heterocycles. The van der Waals surface area contributed by atoms with Gasteiger partial charge in [-0.05, 0) is 53.0 Å². The fourth-order valence-corrected chi connectivity index (χ4v) is 2.47. The van der Waals surface area contributed by atoms with Crippen LogP contribution in [-0.4, -0.2) is 6.54 Å². The highest BCUT2D eigenvalue weighted by molar-refractivity contribution is 9.10. The lowest BCUT2D eigenvalue weighted by atomic mass is 10.1. The third-order valence-electron chi connectivity index (χ3n) is 3.02. The van der Waals surface area contributed by atoms with Crippen molar-refractivity contribution in [3.8, 4) is 5.75 Å². The molecule has 2 nitrogen and oxygen atoms in total. The van der Waals surface area contributed by atoms with Crippen LogP contribution in [0.15, 0.2) is 46.9 Å². The molecule has 0 bridgehead atoms. The summed E-state index contributed by atoms with van der Waals surface area (Å²) in [5.41, 5.74) is 9.35. The normalized spacial score (nSPS) is 12.2. The Bertz CT molecular complexity index is 551. The minimum absolute atomic E-state index is 0.125. The van der Waals surface area contributed by atoms with Gasteiger partial charge in [0, 0.05) is 6.54 Å². The van der Waals surface area contributed by atoms with E-state index in [1.165, 1.54) is 11.1 Å². The Labute approximate surface area is 122 Å². The van der Waals surface area contributed by atoms with E-state index in [2.05, 4.69) is 54.0 Å². The van der Waals surface area contributed by atoms with Crippen molar-refractivity contribution in [2.75, 3.05) is 6.54 Å². The van der Waals surface area contributed by atoms with E-state index >= 15 is 0 Å². The van der Waals surface area contributed by atoms with E-state index in [9.17, 15) is 0 Å². The number of halogens is 1. The zero-order chi connectivity index (χ0) is 13.8. The molecule has 0 aromatic heterocycles. The fourth-order valence-electron chi connectivity index (χ4n) is 1.89. The summed E-state index contributed by atoms with van der Waals surface area (Å²) in [6.45, 7) is 4.57. The van der Waals surface area contributed by atoms with E-state index in [0.717, 1.165) is 15.8 Å². The number of ether oxygens (including phenoxy) is 1. The second kappa shape index (κ2) is 6.22. The highest BCUT2D eigenvalue weighted by Crippen LogP contribution is 2.30. The summed E-state index contributed by atoms with van der Waals surface area (Å²) in [7, 11) is 0. The number of rotatable bonds is 4. The van der Waals surface area contributed by atoms with Crippen molar-refractivity contribution < 1.29 is 4.74 Å². The van der Waals surface area contributed by atoms with Crippen molar-refractivity contribution in [1.82, 2.24) is 0 Å². The molecule has 0 saturated heterocycles. The van der Waals surface area contributed by atoms with Crippen LogP contribution in [0.3, 0.4) is 0 Å². The Balaban J connectivity index is 2.21. The average Bonchev–Trinajstić information content (AvgIpc) is 2.39. The topological polar surface area (TPSA) is 35.2 Å². The molecule has 100 valence electrons. The average molecular weight is 320 g/mol. The van der Waals surface area contributed by atoms with Gasteiger partial charge in [-0.15, -0.1) is 0 Å². The first kappa shape index (κ1) is 14.1. The number of benzene rings is 2. The lowest BCUT2D eigenvalue weighted by molar-refractivity contribution is 0.213. The van der Waals surface area contributed by atoms with Crippen LogP contribution in [0, 0.1) is 13.8 Å². The van der Waals surface area contributed by atoms with E-state index in [1.807, 2.05) is 18.2 Å². The van der Waals surface area contributed by atoms with E-state index in [-0.39, 0.29) is 6.10 Å². The van der Waals surface area contributed by atoms with Crippen LogP contribution in [0.1, 0.15) is 22.8 Å². The third-order valence-corrected chi connectivity index (χ3v) is 3.64. The summed E-state index contributed by atoms with van der Waals surface area (Å²) in [6, 6.07) is 14.3. The van der Waals surface area contributed by atoms with Crippen LogP contribution in [0.2, 0.25) is 0 Å². The maximum absolute atomic E-state index is 6.00. The van der Waals surface area contributed by atoms with Gasteiger partial charge in [-0.3, -0.25) is 0 Å². The van der Waals surface area contributed by atoms with Crippen LogP contribution in [0.25, 0.3) is 0 Å². The van der Waals surface area contributed by atoms with Gasteiger partial charge >= 0.3 is 0 Å². The van der Waals surface area contributed by atoms with E-state index in [4.69, 9.17) is 10.5 Å². The third kappa shape index (κ3) is 3.58. The van der Waals surface area contributed by atoms with E-state index < -0.39 is 0 Å². The summed E-state index contributed by atoms with van der Waals surface area (Å²) in [5.74, 6) is 0.821. The van der Waals surface area contributed by atoms with Gasteiger partial charge in [0.25, 0.3) is 0 Å². The van der Waals surface area contributed by atoms with Crippen molar-refractivity contribution in [3.05, 3.63) is 63.6 Å². The zero-order valence-corrected chi connectivity index (χ0v) is 12.8.